The number of hydrogen-bond donors (Lipinski definition) is 2. The molecule has 27 heavy (non-hydrogen) atoms. The van der Waals surface area contributed by atoms with Crippen molar-refractivity contribution >= 4 is 66.7 Å². The molecular weight excluding hydrogens is 378 g/mol. The van der Waals surface area contributed by atoms with Crippen molar-refractivity contribution in [1.29, 1.82) is 0 Å². The molecule has 3 heterocycles. The fourth-order valence-corrected chi connectivity index (χ4v) is 4.49. The van der Waals surface area contributed by atoms with Crippen molar-refractivity contribution in [3.8, 4) is 0 Å². The first-order chi connectivity index (χ1) is 13.1. The minimum atomic E-state index is -0.225. The maximum Gasteiger partial charge on any atom is 0.276 e. The summed E-state index contributed by atoms with van der Waals surface area (Å²) in [4.78, 5) is 25.4. The smallest absolute Gasteiger partial charge is 0.276 e. The lowest BCUT2D eigenvalue weighted by Gasteiger charge is -2.04. The third kappa shape index (κ3) is 3.09. The SMILES string of the molecule is Cc1nc2ccc(NC3=NC(=Cc4ccc5ncsc5c4)C(=O)N3)cc2s1. The predicted molar refractivity (Wildman–Crippen MR) is 111 cm³/mol. The summed E-state index contributed by atoms with van der Waals surface area (Å²) in [5.74, 6) is 0.197. The molecule has 1 aliphatic heterocycles. The molecule has 5 rings (SSSR count). The van der Waals surface area contributed by atoms with Gasteiger partial charge in [0.2, 0.25) is 5.96 Å². The van der Waals surface area contributed by atoms with E-state index in [-0.39, 0.29) is 5.91 Å². The van der Waals surface area contributed by atoms with Crippen LogP contribution in [0.3, 0.4) is 0 Å². The second kappa shape index (κ2) is 6.26. The van der Waals surface area contributed by atoms with Crippen molar-refractivity contribution in [2.24, 2.45) is 4.99 Å². The number of aromatic nitrogens is 2. The van der Waals surface area contributed by atoms with Crippen LogP contribution in [0.2, 0.25) is 0 Å². The molecule has 0 saturated heterocycles. The Balaban J connectivity index is 1.42. The molecule has 0 saturated carbocycles. The standard InChI is InChI=1S/C19H13N5OS2/c1-10-21-14-5-3-12(8-17(14)27-10)22-19-23-15(18(25)24-19)6-11-2-4-13-16(7-11)26-9-20-13/h2-9H,1H3,(H2,22,23,24,25). The number of carbonyl (C=O) groups excluding carboxylic acids is 1. The fraction of sp³-hybridized carbons (Fsp3) is 0.0526. The van der Waals surface area contributed by atoms with Gasteiger partial charge in [0.1, 0.15) is 5.70 Å². The van der Waals surface area contributed by atoms with Gasteiger partial charge in [0.05, 0.1) is 31.0 Å². The summed E-state index contributed by atoms with van der Waals surface area (Å²) in [6.07, 6.45) is 1.78. The van der Waals surface area contributed by atoms with Crippen LogP contribution in [-0.4, -0.2) is 21.8 Å². The molecule has 6 nitrogen and oxygen atoms in total. The van der Waals surface area contributed by atoms with Gasteiger partial charge in [0, 0.05) is 5.69 Å². The van der Waals surface area contributed by atoms with E-state index in [4.69, 9.17) is 0 Å². The maximum atomic E-state index is 12.3. The average molecular weight is 391 g/mol. The zero-order valence-corrected chi connectivity index (χ0v) is 15.8. The number of aryl methyl sites for hydroxylation is 1. The number of rotatable bonds is 2. The van der Waals surface area contributed by atoms with Crippen LogP contribution in [-0.2, 0) is 4.79 Å². The van der Waals surface area contributed by atoms with E-state index >= 15 is 0 Å². The maximum absolute atomic E-state index is 12.3. The molecule has 0 bridgehead atoms. The highest BCUT2D eigenvalue weighted by molar-refractivity contribution is 7.18. The quantitative estimate of drug-likeness (QED) is 0.503. The number of amides is 1. The van der Waals surface area contributed by atoms with Crippen LogP contribution in [0.25, 0.3) is 26.5 Å². The van der Waals surface area contributed by atoms with E-state index in [2.05, 4.69) is 25.6 Å². The van der Waals surface area contributed by atoms with Gasteiger partial charge in [-0.05, 0) is 48.9 Å². The lowest BCUT2D eigenvalue weighted by atomic mass is 10.2. The summed E-state index contributed by atoms with van der Waals surface area (Å²) in [5.41, 5.74) is 5.89. The van der Waals surface area contributed by atoms with Crippen LogP contribution in [0.1, 0.15) is 10.6 Å². The molecular formula is C19H13N5OS2. The van der Waals surface area contributed by atoms with E-state index in [1.165, 1.54) is 0 Å². The molecule has 2 N–H and O–H groups in total. The molecule has 2 aromatic carbocycles. The van der Waals surface area contributed by atoms with Gasteiger partial charge in [-0.1, -0.05) is 6.07 Å². The van der Waals surface area contributed by atoms with Gasteiger partial charge in [0.15, 0.2) is 0 Å². The molecule has 0 fully saturated rings. The van der Waals surface area contributed by atoms with Crippen LogP contribution in [0.15, 0.2) is 52.6 Å². The van der Waals surface area contributed by atoms with E-state index in [1.54, 1.807) is 28.7 Å². The molecule has 8 heteroatoms. The lowest BCUT2D eigenvalue weighted by Crippen LogP contribution is -2.29. The molecule has 2 aromatic heterocycles. The largest absolute Gasteiger partial charge is 0.326 e. The van der Waals surface area contributed by atoms with E-state index in [9.17, 15) is 4.79 Å². The number of nitrogens with zero attached hydrogens (tertiary/aromatic N) is 3. The molecule has 0 unspecified atom stereocenters. The van der Waals surface area contributed by atoms with Crippen LogP contribution in [0.5, 0.6) is 0 Å². The van der Waals surface area contributed by atoms with Crippen LogP contribution >= 0.6 is 22.7 Å². The zero-order valence-electron chi connectivity index (χ0n) is 14.2. The van der Waals surface area contributed by atoms with E-state index in [0.717, 1.165) is 36.7 Å². The molecule has 1 amide bonds. The number of fused-ring (bicyclic) bond motifs is 2. The predicted octanol–water partition coefficient (Wildman–Crippen LogP) is 4.15. The first-order valence-electron chi connectivity index (χ1n) is 8.23. The van der Waals surface area contributed by atoms with Crippen molar-refractivity contribution in [1.82, 2.24) is 15.3 Å². The molecule has 0 aliphatic carbocycles. The molecule has 1 aliphatic rings. The van der Waals surface area contributed by atoms with Gasteiger partial charge in [-0.15, -0.1) is 22.7 Å². The van der Waals surface area contributed by atoms with E-state index < -0.39 is 0 Å². The minimum Gasteiger partial charge on any atom is -0.326 e. The summed E-state index contributed by atoms with van der Waals surface area (Å²) in [6.45, 7) is 1.99. The van der Waals surface area contributed by atoms with Crippen molar-refractivity contribution < 1.29 is 4.79 Å². The third-order valence-corrected chi connectivity index (χ3v) is 5.84. The highest BCUT2D eigenvalue weighted by atomic mass is 32.1. The Kier molecular flexibility index (Phi) is 3.73. The van der Waals surface area contributed by atoms with Crippen molar-refractivity contribution in [3.05, 3.63) is 58.2 Å². The van der Waals surface area contributed by atoms with Crippen LogP contribution in [0.4, 0.5) is 5.69 Å². The highest BCUT2D eigenvalue weighted by Gasteiger charge is 2.20. The summed E-state index contributed by atoms with van der Waals surface area (Å²) in [7, 11) is 0. The number of carbonyl (C=O) groups is 1. The summed E-state index contributed by atoms with van der Waals surface area (Å²) < 4.78 is 2.18. The molecule has 0 radical (unpaired) electrons. The van der Waals surface area contributed by atoms with Gasteiger partial charge < -0.3 is 5.32 Å². The van der Waals surface area contributed by atoms with Gasteiger partial charge in [0.25, 0.3) is 5.91 Å². The number of hydrogen-bond acceptors (Lipinski definition) is 7. The Bertz CT molecular complexity index is 1270. The number of benzene rings is 2. The second-order valence-electron chi connectivity index (χ2n) is 6.06. The monoisotopic (exact) mass is 391 g/mol. The summed E-state index contributed by atoms with van der Waals surface area (Å²) in [6, 6.07) is 11.8. The number of aliphatic imine (C=N–C) groups is 1. The first-order valence-corrected chi connectivity index (χ1v) is 9.93. The first kappa shape index (κ1) is 16.1. The number of nitrogens with one attached hydrogen (secondary N) is 2. The van der Waals surface area contributed by atoms with Crippen LogP contribution < -0.4 is 10.6 Å². The number of anilines is 1. The van der Waals surface area contributed by atoms with Gasteiger partial charge in [-0.2, -0.15) is 0 Å². The third-order valence-electron chi connectivity index (χ3n) is 4.11. The molecule has 4 aromatic rings. The Morgan fingerprint density at radius 2 is 2.00 bits per heavy atom. The van der Waals surface area contributed by atoms with Gasteiger partial charge in [-0.25, -0.2) is 15.0 Å². The highest BCUT2D eigenvalue weighted by Crippen LogP contribution is 2.25. The Morgan fingerprint density at radius 3 is 2.93 bits per heavy atom. The fourth-order valence-electron chi connectivity index (χ4n) is 2.90. The van der Waals surface area contributed by atoms with Crippen molar-refractivity contribution in [2.75, 3.05) is 5.32 Å². The zero-order chi connectivity index (χ0) is 18.4. The van der Waals surface area contributed by atoms with E-state index in [0.29, 0.717) is 11.7 Å². The summed E-state index contributed by atoms with van der Waals surface area (Å²) in [5, 5.41) is 6.95. The van der Waals surface area contributed by atoms with E-state index in [1.807, 2.05) is 48.8 Å². The Labute approximate surface area is 162 Å². The lowest BCUT2D eigenvalue weighted by molar-refractivity contribution is -0.115. The van der Waals surface area contributed by atoms with Crippen molar-refractivity contribution in [2.45, 2.75) is 6.92 Å². The average Bonchev–Trinajstić information content (AvgIpc) is 3.33. The summed E-state index contributed by atoms with van der Waals surface area (Å²) >= 11 is 3.21. The Hall–Kier alpha value is -3.10. The normalized spacial score (nSPS) is 15.5. The molecule has 0 spiro atoms. The van der Waals surface area contributed by atoms with Gasteiger partial charge in [-0.3, -0.25) is 10.1 Å². The second-order valence-corrected chi connectivity index (χ2v) is 8.19. The van der Waals surface area contributed by atoms with Crippen LogP contribution in [0, 0.1) is 6.92 Å². The molecule has 0 atom stereocenters. The number of thiazole rings is 2. The molecule has 132 valence electrons. The van der Waals surface area contributed by atoms with Crippen molar-refractivity contribution in [3.63, 3.8) is 0 Å². The van der Waals surface area contributed by atoms with Gasteiger partial charge >= 0.3 is 0 Å². The Morgan fingerprint density at radius 1 is 1.11 bits per heavy atom. The topological polar surface area (TPSA) is 79.3 Å². The number of guanidine groups is 1. The minimum absolute atomic E-state index is 0.225.